The monoisotopic (exact) mass is 438 g/mol. The van der Waals surface area contributed by atoms with Gasteiger partial charge < -0.3 is 20.5 Å². The van der Waals surface area contributed by atoms with Gasteiger partial charge in [-0.05, 0) is 18.1 Å². The number of carbonyl (C=O) groups excluding carboxylic acids is 1. The molecule has 2 heterocycles. The Labute approximate surface area is 185 Å². The van der Waals surface area contributed by atoms with E-state index < -0.39 is 6.09 Å². The minimum Gasteiger partial charge on any atom is -0.496 e. The first-order valence-corrected chi connectivity index (χ1v) is 10.1. The van der Waals surface area contributed by atoms with E-state index in [1.165, 1.54) is 7.11 Å². The first-order chi connectivity index (χ1) is 15.5. The third-order valence-electron chi connectivity index (χ3n) is 4.76. The predicted molar refractivity (Wildman–Crippen MR) is 119 cm³/mol. The summed E-state index contributed by atoms with van der Waals surface area (Å²) in [6, 6.07) is 7.77. The van der Waals surface area contributed by atoms with Crippen molar-refractivity contribution in [1.29, 1.82) is 5.26 Å². The molecule has 1 aromatic carbocycles. The smallest absolute Gasteiger partial charge is 0.413 e. The fourth-order valence-corrected chi connectivity index (χ4v) is 3.26. The Bertz CT molecular complexity index is 1140. The lowest BCUT2D eigenvalue weighted by Gasteiger charge is -2.16. The van der Waals surface area contributed by atoms with Crippen LogP contribution in [0.3, 0.4) is 0 Å². The summed E-state index contributed by atoms with van der Waals surface area (Å²) in [6.45, 7) is 2.41. The maximum atomic E-state index is 11.6. The van der Waals surface area contributed by atoms with E-state index in [0.717, 1.165) is 24.0 Å². The van der Waals surface area contributed by atoms with Gasteiger partial charge in [0.25, 0.3) is 0 Å². The molecule has 0 bridgehead atoms. The highest BCUT2D eigenvalue weighted by Crippen LogP contribution is 2.27. The predicted octanol–water partition coefficient (Wildman–Crippen LogP) is 2.62. The van der Waals surface area contributed by atoms with Crippen molar-refractivity contribution in [2.45, 2.75) is 38.9 Å². The minimum absolute atomic E-state index is 0.0773. The van der Waals surface area contributed by atoms with Gasteiger partial charge in [-0.25, -0.2) is 9.78 Å². The molecule has 0 fully saturated rings. The molecule has 1 atom stereocenters. The second kappa shape index (κ2) is 10.4. The number of rotatable bonds is 9. The molecule has 3 aromatic rings. The molecule has 168 valence electrons. The lowest BCUT2D eigenvalue weighted by Crippen LogP contribution is -2.30. The average molecular weight is 438 g/mol. The summed E-state index contributed by atoms with van der Waals surface area (Å²) in [6.07, 6.45) is 2.49. The van der Waals surface area contributed by atoms with Gasteiger partial charge in [-0.1, -0.05) is 25.5 Å². The molecule has 2 aromatic heterocycles. The quantitative estimate of drug-likeness (QED) is 0.428. The molecule has 0 saturated heterocycles. The molecule has 3 rings (SSSR count). The average Bonchev–Trinajstić information content (AvgIpc) is 3.17. The highest BCUT2D eigenvalue weighted by molar-refractivity contribution is 5.89. The Balaban J connectivity index is 2.02. The van der Waals surface area contributed by atoms with E-state index in [1.807, 2.05) is 25.1 Å². The Hall–Kier alpha value is -3.91. The summed E-state index contributed by atoms with van der Waals surface area (Å²) in [5.74, 6) is 1.18. The fourth-order valence-electron chi connectivity index (χ4n) is 3.26. The number of nitrogens with zero attached hydrogens (tertiary/aromatic N) is 5. The second-order valence-electron chi connectivity index (χ2n) is 7.07. The van der Waals surface area contributed by atoms with Crippen molar-refractivity contribution in [2.24, 2.45) is 5.73 Å². The van der Waals surface area contributed by atoms with E-state index in [1.54, 1.807) is 18.0 Å². The summed E-state index contributed by atoms with van der Waals surface area (Å²) < 4.78 is 11.9. The van der Waals surface area contributed by atoms with Gasteiger partial charge in [0, 0.05) is 5.56 Å². The SMILES string of the molecule is CCCC(N)Nc1nc(NC(=O)OC)nc2cnn(Cc3ccc(CC#N)cc3OC)c12. The third-order valence-corrected chi connectivity index (χ3v) is 4.76. The molecule has 1 unspecified atom stereocenters. The number of ether oxygens (including phenoxy) is 2. The Kier molecular flexibility index (Phi) is 7.41. The molecule has 0 aliphatic carbocycles. The van der Waals surface area contributed by atoms with Crippen molar-refractivity contribution in [2.75, 3.05) is 24.9 Å². The van der Waals surface area contributed by atoms with Gasteiger partial charge in [-0.3, -0.25) is 10.00 Å². The molecule has 0 radical (unpaired) electrons. The van der Waals surface area contributed by atoms with Crippen molar-refractivity contribution in [3.05, 3.63) is 35.5 Å². The van der Waals surface area contributed by atoms with Crippen LogP contribution < -0.4 is 21.1 Å². The second-order valence-corrected chi connectivity index (χ2v) is 7.07. The number of fused-ring (bicyclic) bond motifs is 1. The molecule has 0 aliphatic rings. The van der Waals surface area contributed by atoms with Gasteiger partial charge in [-0.2, -0.15) is 15.3 Å². The van der Waals surface area contributed by atoms with Crippen LogP contribution in [0.4, 0.5) is 16.6 Å². The van der Waals surface area contributed by atoms with Crippen LogP contribution in [0.1, 0.15) is 30.9 Å². The van der Waals surface area contributed by atoms with Crippen molar-refractivity contribution >= 4 is 28.9 Å². The molecule has 0 aliphatic heterocycles. The number of nitrogens with one attached hydrogen (secondary N) is 2. The third kappa shape index (κ3) is 5.22. The minimum atomic E-state index is -0.678. The van der Waals surface area contributed by atoms with Crippen molar-refractivity contribution in [1.82, 2.24) is 19.7 Å². The first kappa shape index (κ1) is 22.8. The molecule has 11 heteroatoms. The largest absolute Gasteiger partial charge is 0.496 e. The highest BCUT2D eigenvalue weighted by Gasteiger charge is 2.18. The number of methoxy groups -OCH3 is 2. The van der Waals surface area contributed by atoms with Crippen molar-refractivity contribution in [3.8, 4) is 11.8 Å². The molecule has 32 heavy (non-hydrogen) atoms. The van der Waals surface area contributed by atoms with Crippen LogP contribution in [0.25, 0.3) is 11.0 Å². The highest BCUT2D eigenvalue weighted by atomic mass is 16.5. The standard InChI is InChI=1S/C21H26N8O3/c1-4-5-17(23)26-19-18-15(25-20(27-19)28-21(30)32-3)11-24-29(18)12-14-7-6-13(8-9-22)10-16(14)31-2/h6-7,10-11,17H,4-5,8,12,23H2,1-3H3,(H2,25,26,27,28,30). The zero-order chi connectivity index (χ0) is 23.1. The van der Waals surface area contributed by atoms with Crippen LogP contribution in [0.15, 0.2) is 24.4 Å². The van der Waals surface area contributed by atoms with Gasteiger partial charge >= 0.3 is 6.09 Å². The molecular weight excluding hydrogens is 412 g/mol. The molecule has 0 saturated carbocycles. The molecule has 0 spiro atoms. The summed E-state index contributed by atoms with van der Waals surface area (Å²) >= 11 is 0. The van der Waals surface area contributed by atoms with Crippen LogP contribution >= 0.6 is 0 Å². The van der Waals surface area contributed by atoms with Crippen LogP contribution in [0.5, 0.6) is 5.75 Å². The summed E-state index contributed by atoms with van der Waals surface area (Å²) in [7, 11) is 2.85. The number of aromatic nitrogens is 4. The lowest BCUT2D eigenvalue weighted by molar-refractivity contribution is 0.186. The number of carbonyl (C=O) groups is 1. The maximum Gasteiger partial charge on any atom is 0.413 e. The number of hydrogen-bond donors (Lipinski definition) is 3. The number of benzene rings is 1. The van der Waals surface area contributed by atoms with Gasteiger partial charge in [0.05, 0.1) is 45.6 Å². The Morgan fingerprint density at radius 2 is 2.16 bits per heavy atom. The van der Waals surface area contributed by atoms with Gasteiger partial charge in [0.2, 0.25) is 5.95 Å². The van der Waals surface area contributed by atoms with E-state index in [0.29, 0.717) is 35.6 Å². The fraction of sp³-hybridized carbons (Fsp3) is 0.381. The molecule has 11 nitrogen and oxygen atoms in total. The van der Waals surface area contributed by atoms with Crippen LogP contribution in [-0.4, -0.2) is 46.2 Å². The van der Waals surface area contributed by atoms with Crippen LogP contribution in [0, 0.1) is 11.3 Å². The van der Waals surface area contributed by atoms with Crippen LogP contribution in [0.2, 0.25) is 0 Å². The number of nitriles is 1. The molecule has 4 N–H and O–H groups in total. The van der Waals surface area contributed by atoms with Gasteiger partial charge in [-0.15, -0.1) is 0 Å². The summed E-state index contributed by atoms with van der Waals surface area (Å²) in [5.41, 5.74) is 9.09. The van der Waals surface area contributed by atoms with E-state index in [2.05, 4.69) is 36.5 Å². The lowest BCUT2D eigenvalue weighted by atomic mass is 10.1. The maximum absolute atomic E-state index is 11.6. The topological polar surface area (TPSA) is 153 Å². The molecule has 1 amide bonds. The van der Waals surface area contributed by atoms with E-state index in [-0.39, 0.29) is 12.1 Å². The number of amides is 1. The zero-order valence-corrected chi connectivity index (χ0v) is 18.3. The van der Waals surface area contributed by atoms with Gasteiger partial charge in [0.15, 0.2) is 5.82 Å². The van der Waals surface area contributed by atoms with Crippen molar-refractivity contribution in [3.63, 3.8) is 0 Å². The van der Waals surface area contributed by atoms with Gasteiger partial charge in [0.1, 0.15) is 16.8 Å². The number of hydrogen-bond acceptors (Lipinski definition) is 9. The normalized spacial score (nSPS) is 11.6. The Morgan fingerprint density at radius 3 is 2.84 bits per heavy atom. The first-order valence-electron chi connectivity index (χ1n) is 10.1. The Morgan fingerprint density at radius 1 is 1.34 bits per heavy atom. The van der Waals surface area contributed by atoms with E-state index in [4.69, 9.17) is 15.7 Å². The molecular formula is C21H26N8O3. The number of anilines is 2. The van der Waals surface area contributed by atoms with E-state index in [9.17, 15) is 4.79 Å². The zero-order valence-electron chi connectivity index (χ0n) is 18.3. The summed E-state index contributed by atoms with van der Waals surface area (Å²) in [5, 5.41) is 19.1. The number of nitrogens with two attached hydrogens (primary N) is 1. The van der Waals surface area contributed by atoms with E-state index >= 15 is 0 Å². The summed E-state index contributed by atoms with van der Waals surface area (Å²) in [4.78, 5) is 20.4. The van der Waals surface area contributed by atoms with Crippen molar-refractivity contribution < 1.29 is 14.3 Å². The van der Waals surface area contributed by atoms with Crippen LogP contribution in [-0.2, 0) is 17.7 Å².